The van der Waals surface area contributed by atoms with Crippen molar-refractivity contribution in [2.45, 2.75) is 20.4 Å². The van der Waals surface area contributed by atoms with E-state index in [4.69, 9.17) is 9.47 Å². The van der Waals surface area contributed by atoms with Gasteiger partial charge in [-0.15, -0.1) is 5.10 Å². The third-order valence-electron chi connectivity index (χ3n) is 4.52. The molecule has 2 aromatic carbocycles. The number of para-hydroxylation sites is 3. The maximum absolute atomic E-state index is 12.7. The van der Waals surface area contributed by atoms with E-state index in [1.807, 2.05) is 38.1 Å². The first-order chi connectivity index (χ1) is 15.1. The van der Waals surface area contributed by atoms with E-state index in [1.165, 1.54) is 16.8 Å². The van der Waals surface area contributed by atoms with E-state index < -0.39 is 11.6 Å². The topological polar surface area (TPSA) is 99.8 Å². The minimum Gasteiger partial charge on any atom is -0.492 e. The van der Waals surface area contributed by atoms with Crippen LogP contribution < -0.4 is 20.5 Å². The Labute approximate surface area is 177 Å². The fourth-order valence-electron chi connectivity index (χ4n) is 3.05. The monoisotopic (exact) mass is 419 g/mol. The zero-order valence-corrected chi connectivity index (χ0v) is 17.1. The predicted octanol–water partition coefficient (Wildman–Crippen LogP) is 3.03. The number of amides is 1. The molecule has 1 N–H and O–H groups in total. The molecule has 0 unspecified atom stereocenters. The largest absolute Gasteiger partial charge is 0.492 e. The highest BCUT2D eigenvalue weighted by Gasteiger charge is 2.17. The molecule has 4 rings (SSSR count). The zero-order valence-electron chi connectivity index (χ0n) is 17.1. The number of anilines is 1. The lowest BCUT2D eigenvalue weighted by molar-refractivity contribution is -0.117. The minimum absolute atomic E-state index is 0.176. The van der Waals surface area contributed by atoms with Crippen LogP contribution in [0.25, 0.3) is 5.65 Å². The Bertz CT molecular complexity index is 1290. The fourth-order valence-corrected chi connectivity index (χ4v) is 3.05. The summed E-state index contributed by atoms with van der Waals surface area (Å²) in [6.07, 6.45) is 2.93. The van der Waals surface area contributed by atoms with Gasteiger partial charge in [0.25, 0.3) is 5.88 Å². The summed E-state index contributed by atoms with van der Waals surface area (Å²) in [6.45, 7) is 3.96. The van der Waals surface area contributed by atoms with Crippen LogP contribution in [-0.2, 0) is 11.3 Å². The molecule has 31 heavy (non-hydrogen) atoms. The SMILES string of the molecule is CCOc1ccccc1NC(=O)Cn1nc2c(Oc3ccccc3C)nccn2c1=O. The molecule has 4 aromatic rings. The van der Waals surface area contributed by atoms with E-state index in [2.05, 4.69) is 15.4 Å². The van der Waals surface area contributed by atoms with Crippen LogP contribution in [0.5, 0.6) is 17.4 Å². The second-order valence-corrected chi connectivity index (χ2v) is 6.71. The summed E-state index contributed by atoms with van der Waals surface area (Å²) in [7, 11) is 0. The molecule has 9 nitrogen and oxygen atoms in total. The van der Waals surface area contributed by atoms with E-state index in [9.17, 15) is 9.59 Å². The van der Waals surface area contributed by atoms with Gasteiger partial charge in [0.15, 0.2) is 0 Å². The quantitative estimate of drug-likeness (QED) is 0.494. The van der Waals surface area contributed by atoms with E-state index >= 15 is 0 Å². The van der Waals surface area contributed by atoms with Gasteiger partial charge in [0, 0.05) is 12.4 Å². The molecule has 2 aromatic heterocycles. The Morgan fingerprint density at radius 2 is 1.84 bits per heavy atom. The summed E-state index contributed by atoms with van der Waals surface area (Å²) in [6, 6.07) is 14.6. The van der Waals surface area contributed by atoms with Crippen molar-refractivity contribution in [3.8, 4) is 17.4 Å². The van der Waals surface area contributed by atoms with Gasteiger partial charge < -0.3 is 14.8 Å². The number of nitrogens with one attached hydrogen (secondary N) is 1. The molecular formula is C22H21N5O4. The van der Waals surface area contributed by atoms with Crippen LogP contribution in [0.3, 0.4) is 0 Å². The number of rotatable bonds is 7. The van der Waals surface area contributed by atoms with Gasteiger partial charge in [-0.25, -0.2) is 18.9 Å². The standard InChI is InChI=1S/C22H21N5O4/c1-3-30-18-11-7-5-9-16(18)24-19(28)14-27-22(29)26-13-12-23-21(20(26)25-27)31-17-10-6-4-8-15(17)2/h4-13H,3,14H2,1-2H3,(H,24,28). The van der Waals surface area contributed by atoms with Crippen molar-refractivity contribution < 1.29 is 14.3 Å². The third-order valence-corrected chi connectivity index (χ3v) is 4.52. The summed E-state index contributed by atoms with van der Waals surface area (Å²) in [5, 5.41) is 7.02. The molecule has 0 fully saturated rings. The molecule has 158 valence electrons. The van der Waals surface area contributed by atoms with Crippen LogP contribution in [0.4, 0.5) is 5.69 Å². The summed E-state index contributed by atoms with van der Waals surface area (Å²) < 4.78 is 13.7. The number of aryl methyl sites for hydroxylation is 1. The maximum Gasteiger partial charge on any atom is 0.351 e. The first kappa shape index (κ1) is 20.1. The summed E-state index contributed by atoms with van der Waals surface area (Å²) >= 11 is 0. The van der Waals surface area contributed by atoms with Gasteiger partial charge in [0.2, 0.25) is 11.6 Å². The Kier molecular flexibility index (Phi) is 5.65. The molecule has 2 heterocycles. The molecule has 1 amide bonds. The average molecular weight is 419 g/mol. The van der Waals surface area contributed by atoms with Crippen molar-refractivity contribution in [2.75, 3.05) is 11.9 Å². The van der Waals surface area contributed by atoms with Crippen molar-refractivity contribution in [3.05, 3.63) is 77.0 Å². The number of carbonyl (C=O) groups is 1. The average Bonchev–Trinajstić information content (AvgIpc) is 3.08. The summed E-state index contributed by atoms with van der Waals surface area (Å²) in [5.74, 6) is 0.927. The van der Waals surface area contributed by atoms with E-state index in [0.717, 1.165) is 10.2 Å². The first-order valence-electron chi connectivity index (χ1n) is 9.76. The van der Waals surface area contributed by atoms with Crippen molar-refractivity contribution in [1.82, 2.24) is 19.2 Å². The van der Waals surface area contributed by atoms with Gasteiger partial charge in [-0.1, -0.05) is 30.3 Å². The molecular weight excluding hydrogens is 398 g/mol. The van der Waals surface area contributed by atoms with E-state index in [-0.39, 0.29) is 18.1 Å². The molecule has 0 atom stereocenters. The summed E-state index contributed by atoms with van der Waals surface area (Å²) in [4.78, 5) is 29.5. The van der Waals surface area contributed by atoms with Crippen LogP contribution in [0.1, 0.15) is 12.5 Å². The number of hydrogen-bond acceptors (Lipinski definition) is 6. The predicted molar refractivity (Wildman–Crippen MR) is 115 cm³/mol. The highest BCUT2D eigenvalue weighted by atomic mass is 16.5. The van der Waals surface area contributed by atoms with Crippen LogP contribution >= 0.6 is 0 Å². The van der Waals surface area contributed by atoms with Gasteiger partial charge >= 0.3 is 5.69 Å². The maximum atomic E-state index is 12.7. The van der Waals surface area contributed by atoms with Crippen LogP contribution in [-0.4, -0.2) is 31.7 Å². The Balaban J connectivity index is 1.59. The normalized spacial score (nSPS) is 10.8. The lowest BCUT2D eigenvalue weighted by atomic mass is 10.2. The molecule has 0 saturated carbocycles. The van der Waals surface area contributed by atoms with Crippen LogP contribution in [0.2, 0.25) is 0 Å². The molecule has 0 bridgehead atoms. The van der Waals surface area contributed by atoms with Crippen molar-refractivity contribution in [1.29, 1.82) is 0 Å². The molecule has 0 spiro atoms. The second-order valence-electron chi connectivity index (χ2n) is 6.71. The number of benzene rings is 2. The second kappa shape index (κ2) is 8.70. The lowest BCUT2D eigenvalue weighted by Gasteiger charge is -2.10. The highest BCUT2D eigenvalue weighted by Crippen LogP contribution is 2.25. The van der Waals surface area contributed by atoms with Crippen LogP contribution in [0.15, 0.2) is 65.7 Å². The van der Waals surface area contributed by atoms with E-state index in [1.54, 1.807) is 24.3 Å². The van der Waals surface area contributed by atoms with E-state index in [0.29, 0.717) is 23.8 Å². The third kappa shape index (κ3) is 4.25. The molecule has 0 aliphatic heterocycles. The number of aromatic nitrogens is 4. The summed E-state index contributed by atoms with van der Waals surface area (Å²) in [5.41, 5.74) is 1.19. The molecule has 0 saturated heterocycles. The molecule has 0 aliphatic rings. The van der Waals surface area contributed by atoms with Gasteiger partial charge in [-0.05, 0) is 37.6 Å². The van der Waals surface area contributed by atoms with Crippen molar-refractivity contribution in [2.24, 2.45) is 0 Å². The Morgan fingerprint density at radius 3 is 2.61 bits per heavy atom. The fraction of sp³-hybridized carbons (Fsp3) is 0.182. The van der Waals surface area contributed by atoms with Crippen molar-refractivity contribution >= 4 is 17.2 Å². The highest BCUT2D eigenvalue weighted by molar-refractivity contribution is 5.92. The zero-order chi connectivity index (χ0) is 21.8. The Hall–Kier alpha value is -4.14. The smallest absolute Gasteiger partial charge is 0.351 e. The van der Waals surface area contributed by atoms with Gasteiger partial charge in [0.1, 0.15) is 18.0 Å². The molecule has 0 radical (unpaired) electrons. The van der Waals surface area contributed by atoms with Gasteiger partial charge in [0.05, 0.1) is 12.3 Å². The number of ether oxygens (including phenoxy) is 2. The lowest BCUT2D eigenvalue weighted by Crippen LogP contribution is -2.28. The Morgan fingerprint density at radius 1 is 1.10 bits per heavy atom. The van der Waals surface area contributed by atoms with Crippen LogP contribution in [0, 0.1) is 6.92 Å². The number of carbonyl (C=O) groups excluding carboxylic acids is 1. The minimum atomic E-state index is -0.472. The molecule has 0 aliphatic carbocycles. The van der Waals surface area contributed by atoms with Crippen molar-refractivity contribution in [3.63, 3.8) is 0 Å². The molecule has 9 heteroatoms. The number of nitrogens with zero attached hydrogens (tertiary/aromatic N) is 4. The van der Waals surface area contributed by atoms with Gasteiger partial charge in [-0.2, -0.15) is 0 Å². The number of hydrogen-bond donors (Lipinski definition) is 1. The van der Waals surface area contributed by atoms with Gasteiger partial charge in [-0.3, -0.25) is 4.79 Å². The first-order valence-corrected chi connectivity index (χ1v) is 9.76. The number of fused-ring (bicyclic) bond motifs is 1.